The average Bonchev–Trinajstić information content (AvgIpc) is 2.66. The molecular weight excluding hydrogens is 382 g/mol. The number of nitrogens with zero attached hydrogens (tertiary/aromatic N) is 1. The van der Waals surface area contributed by atoms with E-state index in [-0.39, 0.29) is 17.3 Å². The third-order valence-electron chi connectivity index (χ3n) is 4.07. The lowest BCUT2D eigenvalue weighted by molar-refractivity contribution is -0.114. The van der Waals surface area contributed by atoms with E-state index in [1.807, 2.05) is 0 Å². The highest BCUT2D eigenvalue weighted by Gasteiger charge is 2.20. The second-order valence-corrected chi connectivity index (χ2v) is 8.36. The molecule has 0 spiro atoms. The molecule has 0 aromatic heterocycles. The van der Waals surface area contributed by atoms with Crippen LogP contribution in [0.1, 0.15) is 5.56 Å². The summed E-state index contributed by atoms with van der Waals surface area (Å²) in [5.41, 5.74) is 1.73. The second kappa shape index (κ2) is 8.94. The van der Waals surface area contributed by atoms with Crippen molar-refractivity contribution < 1.29 is 22.7 Å². The first kappa shape index (κ1) is 21.5. The van der Waals surface area contributed by atoms with Crippen LogP contribution in [-0.2, 0) is 14.8 Å². The van der Waals surface area contributed by atoms with E-state index in [9.17, 15) is 13.2 Å². The fraction of sp³-hybridized carbons (Fsp3) is 0.316. The van der Waals surface area contributed by atoms with Crippen LogP contribution >= 0.6 is 0 Å². The topological polar surface area (TPSA) is 97.0 Å². The predicted octanol–water partition coefficient (Wildman–Crippen LogP) is 2.31. The maximum Gasteiger partial charge on any atom is 0.243 e. The molecule has 0 radical (unpaired) electrons. The number of rotatable bonds is 8. The number of nitrogens with one attached hydrogen (secondary N) is 2. The lowest BCUT2D eigenvalue weighted by Gasteiger charge is -2.15. The van der Waals surface area contributed by atoms with Crippen molar-refractivity contribution in [3.63, 3.8) is 0 Å². The van der Waals surface area contributed by atoms with Crippen molar-refractivity contribution in [3.05, 3.63) is 42.0 Å². The number of carbonyl (C=O) groups is 1. The van der Waals surface area contributed by atoms with Crippen LogP contribution in [0, 0.1) is 6.92 Å². The van der Waals surface area contributed by atoms with Crippen LogP contribution in [0.3, 0.4) is 0 Å². The zero-order chi connectivity index (χ0) is 20.9. The molecule has 0 fully saturated rings. The van der Waals surface area contributed by atoms with Crippen molar-refractivity contribution in [1.29, 1.82) is 0 Å². The number of carbonyl (C=O) groups excluding carboxylic acids is 1. The van der Waals surface area contributed by atoms with Gasteiger partial charge in [-0.2, -0.15) is 0 Å². The number of hydrogen-bond donors (Lipinski definition) is 2. The van der Waals surface area contributed by atoms with E-state index >= 15 is 0 Å². The summed E-state index contributed by atoms with van der Waals surface area (Å²) < 4.78 is 36.3. The number of hydrogen-bond acceptors (Lipinski definition) is 6. The summed E-state index contributed by atoms with van der Waals surface area (Å²) in [5.74, 6) is 0.781. The lowest BCUT2D eigenvalue weighted by atomic mass is 10.2. The van der Waals surface area contributed by atoms with Crippen molar-refractivity contribution in [3.8, 4) is 11.5 Å². The number of ether oxygens (including phenoxy) is 2. The molecule has 0 aliphatic carbocycles. The number of amides is 1. The van der Waals surface area contributed by atoms with Crippen LogP contribution < -0.4 is 20.1 Å². The van der Waals surface area contributed by atoms with Crippen LogP contribution in [0.2, 0.25) is 0 Å². The van der Waals surface area contributed by atoms with Gasteiger partial charge < -0.3 is 20.1 Å². The Balaban J connectivity index is 2.07. The Morgan fingerprint density at radius 1 is 1.00 bits per heavy atom. The normalized spacial score (nSPS) is 11.2. The van der Waals surface area contributed by atoms with Gasteiger partial charge in [0.2, 0.25) is 15.9 Å². The van der Waals surface area contributed by atoms with Gasteiger partial charge >= 0.3 is 0 Å². The molecule has 8 nitrogen and oxygen atoms in total. The van der Waals surface area contributed by atoms with Gasteiger partial charge in [0.1, 0.15) is 0 Å². The standard InChI is InChI=1S/C19H25N3O5S/c1-13-6-7-14(11-18(13)28(24,25)22(2)3)20-12-19(23)21-15-8-9-16(26-4)17(10-15)27-5/h6-11,20H,12H2,1-5H3,(H,21,23). The van der Waals surface area contributed by atoms with Gasteiger partial charge in [0.05, 0.1) is 25.7 Å². The molecule has 0 atom stereocenters. The Labute approximate surface area is 165 Å². The maximum absolute atomic E-state index is 12.4. The first-order chi connectivity index (χ1) is 13.2. The summed E-state index contributed by atoms with van der Waals surface area (Å²) in [6.45, 7) is 1.70. The minimum Gasteiger partial charge on any atom is -0.493 e. The molecule has 2 rings (SSSR count). The van der Waals surface area contributed by atoms with Gasteiger partial charge in [0.15, 0.2) is 11.5 Å². The molecule has 28 heavy (non-hydrogen) atoms. The lowest BCUT2D eigenvalue weighted by Crippen LogP contribution is -2.24. The van der Waals surface area contributed by atoms with Crippen LogP contribution in [0.5, 0.6) is 11.5 Å². The Kier molecular flexibility index (Phi) is 6.87. The van der Waals surface area contributed by atoms with E-state index in [1.165, 1.54) is 34.4 Å². The quantitative estimate of drug-likeness (QED) is 0.697. The fourth-order valence-electron chi connectivity index (χ4n) is 2.49. The third-order valence-corrected chi connectivity index (χ3v) is 6.02. The smallest absolute Gasteiger partial charge is 0.243 e. The Morgan fingerprint density at radius 2 is 1.64 bits per heavy atom. The molecule has 2 aromatic rings. The van der Waals surface area contributed by atoms with Gasteiger partial charge in [0.25, 0.3) is 0 Å². The second-order valence-electron chi connectivity index (χ2n) is 6.24. The molecule has 0 saturated heterocycles. The van der Waals surface area contributed by atoms with Crippen LogP contribution in [-0.4, -0.2) is 53.5 Å². The van der Waals surface area contributed by atoms with E-state index < -0.39 is 10.0 Å². The summed E-state index contributed by atoms with van der Waals surface area (Å²) in [6, 6.07) is 10.0. The largest absolute Gasteiger partial charge is 0.493 e. The number of aryl methyl sites for hydroxylation is 1. The highest BCUT2D eigenvalue weighted by atomic mass is 32.2. The first-order valence-corrected chi connectivity index (χ1v) is 9.92. The third kappa shape index (κ3) is 4.93. The number of anilines is 2. The van der Waals surface area contributed by atoms with E-state index in [0.717, 1.165) is 4.31 Å². The van der Waals surface area contributed by atoms with Crippen molar-refractivity contribution in [2.45, 2.75) is 11.8 Å². The Bertz CT molecular complexity index is 958. The minimum absolute atomic E-state index is 0.0289. The number of benzene rings is 2. The highest BCUT2D eigenvalue weighted by Crippen LogP contribution is 2.29. The average molecular weight is 407 g/mol. The van der Waals surface area contributed by atoms with E-state index in [0.29, 0.717) is 28.4 Å². The summed E-state index contributed by atoms with van der Waals surface area (Å²) in [5, 5.41) is 5.69. The van der Waals surface area contributed by atoms with Gasteiger partial charge in [-0.25, -0.2) is 12.7 Å². The van der Waals surface area contributed by atoms with E-state index in [1.54, 1.807) is 37.3 Å². The minimum atomic E-state index is -3.56. The van der Waals surface area contributed by atoms with Crippen molar-refractivity contribution in [2.24, 2.45) is 0 Å². The molecule has 0 aliphatic rings. The fourth-order valence-corrected chi connectivity index (χ4v) is 3.63. The van der Waals surface area contributed by atoms with Gasteiger partial charge in [-0.3, -0.25) is 4.79 Å². The zero-order valence-electron chi connectivity index (χ0n) is 16.6. The molecule has 0 unspecified atom stereocenters. The zero-order valence-corrected chi connectivity index (χ0v) is 17.4. The molecule has 2 aromatic carbocycles. The summed E-state index contributed by atoms with van der Waals surface area (Å²) in [6.07, 6.45) is 0. The summed E-state index contributed by atoms with van der Waals surface area (Å²) in [4.78, 5) is 12.4. The first-order valence-electron chi connectivity index (χ1n) is 8.48. The number of methoxy groups -OCH3 is 2. The Hall–Kier alpha value is -2.78. The molecule has 2 N–H and O–H groups in total. The molecule has 0 saturated carbocycles. The molecule has 0 heterocycles. The summed E-state index contributed by atoms with van der Waals surface area (Å²) in [7, 11) is 2.44. The maximum atomic E-state index is 12.4. The summed E-state index contributed by atoms with van der Waals surface area (Å²) >= 11 is 0. The van der Waals surface area contributed by atoms with Crippen LogP contribution in [0.4, 0.5) is 11.4 Å². The van der Waals surface area contributed by atoms with Gasteiger partial charge in [-0.15, -0.1) is 0 Å². The van der Waals surface area contributed by atoms with Gasteiger partial charge in [0, 0.05) is 31.5 Å². The van der Waals surface area contributed by atoms with Crippen molar-refractivity contribution >= 4 is 27.3 Å². The van der Waals surface area contributed by atoms with Crippen molar-refractivity contribution in [2.75, 3.05) is 45.5 Å². The predicted molar refractivity (Wildman–Crippen MR) is 109 cm³/mol. The van der Waals surface area contributed by atoms with E-state index in [4.69, 9.17) is 9.47 Å². The SMILES string of the molecule is COc1ccc(NC(=O)CNc2ccc(C)c(S(=O)(=O)N(C)C)c2)cc1OC. The molecule has 9 heteroatoms. The van der Waals surface area contributed by atoms with Crippen LogP contribution in [0.15, 0.2) is 41.3 Å². The molecule has 1 amide bonds. The Morgan fingerprint density at radius 3 is 2.25 bits per heavy atom. The van der Waals surface area contributed by atoms with Crippen molar-refractivity contribution in [1.82, 2.24) is 4.31 Å². The molecular formula is C19H25N3O5S. The monoisotopic (exact) mass is 407 g/mol. The van der Waals surface area contributed by atoms with Gasteiger partial charge in [-0.05, 0) is 36.8 Å². The van der Waals surface area contributed by atoms with Gasteiger partial charge in [-0.1, -0.05) is 6.07 Å². The van der Waals surface area contributed by atoms with Crippen LogP contribution in [0.25, 0.3) is 0 Å². The molecule has 0 aliphatic heterocycles. The highest BCUT2D eigenvalue weighted by molar-refractivity contribution is 7.89. The molecule has 0 bridgehead atoms. The number of sulfonamides is 1. The van der Waals surface area contributed by atoms with E-state index in [2.05, 4.69) is 10.6 Å². The molecule has 152 valence electrons.